The third kappa shape index (κ3) is 54.2. The van der Waals surface area contributed by atoms with E-state index in [9.17, 15) is 14.4 Å². The fraction of sp³-hybridized carbons (Fsp3) is 0.820. The van der Waals surface area contributed by atoms with E-state index >= 15 is 0 Å². The number of esters is 3. The number of rotatable bonds is 53. The summed E-state index contributed by atoms with van der Waals surface area (Å²) in [5, 5.41) is 0. The first-order chi connectivity index (χ1) is 33.0. The summed E-state index contributed by atoms with van der Waals surface area (Å²) in [5.74, 6) is -0.886. The monoisotopic (exact) mass is 939 g/mol. The third-order valence-electron chi connectivity index (χ3n) is 12.8. The van der Waals surface area contributed by atoms with E-state index < -0.39 is 6.10 Å². The van der Waals surface area contributed by atoms with Crippen molar-refractivity contribution < 1.29 is 28.6 Å². The van der Waals surface area contributed by atoms with Gasteiger partial charge in [-0.15, -0.1) is 0 Å². The second-order valence-corrected chi connectivity index (χ2v) is 19.6. The Kier molecular flexibility index (Phi) is 53.8. The minimum absolute atomic E-state index is 0.0759. The second-order valence-electron chi connectivity index (χ2n) is 19.6. The molecule has 0 aliphatic heterocycles. The summed E-state index contributed by atoms with van der Waals surface area (Å²) >= 11 is 0. The quantitative estimate of drug-likeness (QED) is 0.0262. The molecule has 6 nitrogen and oxygen atoms in total. The van der Waals surface area contributed by atoms with Gasteiger partial charge in [-0.3, -0.25) is 14.4 Å². The molecule has 390 valence electrons. The number of carbonyl (C=O) groups excluding carboxylic acids is 3. The lowest BCUT2D eigenvalue weighted by Crippen LogP contribution is -2.30. The summed E-state index contributed by atoms with van der Waals surface area (Å²) in [5.41, 5.74) is 0. The number of allylic oxidation sites excluding steroid dienone is 8. The molecule has 0 N–H and O–H groups in total. The molecule has 0 aromatic rings. The number of hydrogen-bond donors (Lipinski definition) is 0. The van der Waals surface area contributed by atoms with Crippen LogP contribution in [0, 0.1) is 0 Å². The number of unbranched alkanes of at least 4 members (excludes halogenated alkanes) is 34. The minimum atomic E-state index is -0.775. The van der Waals surface area contributed by atoms with Gasteiger partial charge in [0.1, 0.15) is 13.2 Å². The first-order valence-corrected chi connectivity index (χ1v) is 29.1. The van der Waals surface area contributed by atoms with Crippen LogP contribution in [0.5, 0.6) is 0 Å². The van der Waals surface area contributed by atoms with Crippen LogP contribution in [0.2, 0.25) is 0 Å². The molecule has 0 radical (unpaired) electrons. The number of ether oxygens (including phenoxy) is 3. The van der Waals surface area contributed by atoms with Gasteiger partial charge in [-0.1, -0.05) is 256 Å². The maximum absolute atomic E-state index is 12.8. The lowest BCUT2D eigenvalue weighted by Gasteiger charge is -2.18. The standard InChI is InChI=1S/C61H110O6/c1-4-7-10-13-16-18-20-22-23-24-25-26-27-28-29-30-31-32-33-34-35-36-37-39-40-42-45-48-51-54-60(63)66-57-58(56-65-59(62)53-50-47-44-15-12-9-6-3)67-61(64)55-52-49-46-43-41-38-21-19-17-14-11-8-5-2/h11,14,19-22,24-25,58H,4-10,12-13,15-18,23,26-57H2,1-3H3/b14-11-,21-19-,22-20-,25-24-. The van der Waals surface area contributed by atoms with Crippen molar-refractivity contribution in [2.75, 3.05) is 13.2 Å². The lowest BCUT2D eigenvalue weighted by molar-refractivity contribution is -0.167. The molecule has 1 atom stereocenters. The Balaban J connectivity index is 4.02. The summed E-state index contributed by atoms with van der Waals surface area (Å²) in [6, 6.07) is 0. The Bertz CT molecular complexity index is 1170. The molecule has 0 aliphatic rings. The van der Waals surface area contributed by atoms with Crippen molar-refractivity contribution in [2.45, 2.75) is 309 Å². The minimum Gasteiger partial charge on any atom is -0.462 e. The van der Waals surface area contributed by atoms with E-state index in [1.165, 1.54) is 167 Å². The van der Waals surface area contributed by atoms with Crippen LogP contribution in [0.1, 0.15) is 303 Å². The Morgan fingerprint density at radius 2 is 0.567 bits per heavy atom. The third-order valence-corrected chi connectivity index (χ3v) is 12.8. The molecule has 67 heavy (non-hydrogen) atoms. The van der Waals surface area contributed by atoms with Gasteiger partial charge in [-0.25, -0.2) is 0 Å². The first-order valence-electron chi connectivity index (χ1n) is 29.1. The van der Waals surface area contributed by atoms with Gasteiger partial charge in [-0.05, 0) is 77.0 Å². The molecule has 0 aromatic carbocycles. The summed E-state index contributed by atoms with van der Waals surface area (Å²) in [6.07, 6.45) is 68.6. The summed E-state index contributed by atoms with van der Waals surface area (Å²) < 4.78 is 16.7. The summed E-state index contributed by atoms with van der Waals surface area (Å²) in [6.45, 7) is 6.53. The van der Waals surface area contributed by atoms with Gasteiger partial charge in [0.05, 0.1) is 0 Å². The van der Waals surface area contributed by atoms with Crippen LogP contribution in [-0.2, 0) is 28.6 Å². The largest absolute Gasteiger partial charge is 0.462 e. The molecule has 6 heteroatoms. The fourth-order valence-electron chi connectivity index (χ4n) is 8.39. The molecule has 0 fully saturated rings. The molecule has 0 aromatic heterocycles. The zero-order valence-corrected chi connectivity index (χ0v) is 44.7. The molecular formula is C61H110O6. The van der Waals surface area contributed by atoms with Gasteiger partial charge >= 0.3 is 17.9 Å². The molecule has 1 unspecified atom stereocenters. The van der Waals surface area contributed by atoms with Gasteiger partial charge < -0.3 is 14.2 Å². The highest BCUT2D eigenvalue weighted by Gasteiger charge is 2.19. The average molecular weight is 940 g/mol. The van der Waals surface area contributed by atoms with Gasteiger partial charge in [-0.2, -0.15) is 0 Å². The SMILES string of the molecule is CCC/C=C\C/C=C\CCCCCCCC(=O)OC(COC(=O)CCCCCCCCC)COC(=O)CCCCCCCCCCCCCCCCCCC/C=C\C/C=C\CCCCCCC. The highest BCUT2D eigenvalue weighted by atomic mass is 16.6. The summed E-state index contributed by atoms with van der Waals surface area (Å²) in [4.78, 5) is 37.9. The van der Waals surface area contributed by atoms with Gasteiger partial charge in [0.2, 0.25) is 0 Å². The van der Waals surface area contributed by atoms with Gasteiger partial charge in [0.15, 0.2) is 6.10 Å². The van der Waals surface area contributed by atoms with Crippen LogP contribution in [-0.4, -0.2) is 37.2 Å². The Morgan fingerprint density at radius 3 is 0.881 bits per heavy atom. The van der Waals surface area contributed by atoms with Crippen LogP contribution in [0.15, 0.2) is 48.6 Å². The van der Waals surface area contributed by atoms with Crippen molar-refractivity contribution in [3.63, 3.8) is 0 Å². The van der Waals surface area contributed by atoms with E-state index in [0.29, 0.717) is 19.3 Å². The number of carbonyl (C=O) groups is 3. The lowest BCUT2D eigenvalue weighted by atomic mass is 10.0. The van der Waals surface area contributed by atoms with Crippen molar-refractivity contribution in [1.29, 1.82) is 0 Å². The van der Waals surface area contributed by atoms with Crippen molar-refractivity contribution in [3.05, 3.63) is 48.6 Å². The van der Waals surface area contributed by atoms with Gasteiger partial charge in [0, 0.05) is 19.3 Å². The summed E-state index contributed by atoms with van der Waals surface area (Å²) in [7, 11) is 0. The highest BCUT2D eigenvalue weighted by Crippen LogP contribution is 2.16. The van der Waals surface area contributed by atoms with E-state index in [1.54, 1.807) is 0 Å². The predicted molar refractivity (Wildman–Crippen MR) is 289 cm³/mol. The molecule has 0 spiro atoms. The second kappa shape index (κ2) is 56.0. The molecule has 0 heterocycles. The van der Waals surface area contributed by atoms with E-state index in [0.717, 1.165) is 96.3 Å². The molecule has 0 amide bonds. The molecule has 0 rings (SSSR count). The van der Waals surface area contributed by atoms with Crippen molar-refractivity contribution >= 4 is 17.9 Å². The fourth-order valence-corrected chi connectivity index (χ4v) is 8.39. The Hall–Kier alpha value is -2.63. The van der Waals surface area contributed by atoms with E-state index in [2.05, 4.69) is 69.4 Å². The maximum Gasteiger partial charge on any atom is 0.306 e. The van der Waals surface area contributed by atoms with Crippen LogP contribution >= 0.6 is 0 Å². The topological polar surface area (TPSA) is 78.9 Å². The van der Waals surface area contributed by atoms with Gasteiger partial charge in [0.25, 0.3) is 0 Å². The zero-order chi connectivity index (χ0) is 48.6. The molecule has 0 bridgehead atoms. The Labute approximate surface area is 416 Å². The molecule has 0 saturated heterocycles. The normalized spacial score (nSPS) is 12.3. The van der Waals surface area contributed by atoms with Crippen LogP contribution < -0.4 is 0 Å². The van der Waals surface area contributed by atoms with Crippen molar-refractivity contribution in [1.82, 2.24) is 0 Å². The van der Waals surface area contributed by atoms with Crippen molar-refractivity contribution in [3.8, 4) is 0 Å². The van der Waals surface area contributed by atoms with E-state index in [4.69, 9.17) is 14.2 Å². The van der Waals surface area contributed by atoms with Crippen LogP contribution in [0.4, 0.5) is 0 Å². The van der Waals surface area contributed by atoms with Crippen LogP contribution in [0.25, 0.3) is 0 Å². The first kappa shape index (κ1) is 64.4. The van der Waals surface area contributed by atoms with E-state index in [-0.39, 0.29) is 31.1 Å². The number of hydrogen-bond acceptors (Lipinski definition) is 6. The molecule has 0 aliphatic carbocycles. The van der Waals surface area contributed by atoms with Crippen molar-refractivity contribution in [2.24, 2.45) is 0 Å². The maximum atomic E-state index is 12.8. The Morgan fingerprint density at radius 1 is 0.299 bits per heavy atom. The van der Waals surface area contributed by atoms with Crippen LogP contribution in [0.3, 0.4) is 0 Å². The average Bonchev–Trinajstić information content (AvgIpc) is 3.33. The predicted octanol–water partition coefficient (Wildman–Crippen LogP) is 19.4. The van der Waals surface area contributed by atoms with E-state index in [1.807, 2.05) is 0 Å². The smallest absolute Gasteiger partial charge is 0.306 e. The molecular weight excluding hydrogens is 829 g/mol. The zero-order valence-electron chi connectivity index (χ0n) is 44.7. The highest BCUT2D eigenvalue weighted by molar-refractivity contribution is 5.71. The molecule has 0 saturated carbocycles.